The van der Waals surface area contributed by atoms with Crippen LogP contribution >= 0.6 is 0 Å². The molecule has 94 valence electrons. The highest BCUT2D eigenvalue weighted by molar-refractivity contribution is 5.54. The van der Waals surface area contributed by atoms with E-state index in [-0.39, 0.29) is 0 Å². The van der Waals surface area contributed by atoms with E-state index >= 15 is 0 Å². The number of nitrogens with two attached hydrogens (primary N) is 1. The molecule has 1 aliphatic heterocycles. The second-order valence-corrected chi connectivity index (χ2v) is 5.09. The first kappa shape index (κ1) is 12.4. The van der Waals surface area contributed by atoms with Crippen LogP contribution in [-0.4, -0.2) is 19.1 Å². The standard InChI is InChI=1S/C15H24N2/c1-3-14-13(11-16)8-6-10-17(14)15-9-5-4-7-12(15)2/h4-5,7,9,13-14H,3,6,8,10-11,16H2,1-2H3/t13-,14-/m1/s1. The van der Waals surface area contributed by atoms with Gasteiger partial charge in [0.2, 0.25) is 0 Å². The van der Waals surface area contributed by atoms with Crippen LogP contribution in [0.25, 0.3) is 0 Å². The molecule has 1 saturated heterocycles. The fourth-order valence-corrected chi connectivity index (χ4v) is 3.15. The van der Waals surface area contributed by atoms with Crippen molar-refractivity contribution in [1.82, 2.24) is 0 Å². The molecule has 2 N–H and O–H groups in total. The SMILES string of the molecule is CC[C@@H]1[C@@H](CN)CCCN1c1ccccc1C. The summed E-state index contributed by atoms with van der Waals surface area (Å²) in [5.74, 6) is 0.661. The Hall–Kier alpha value is -1.02. The van der Waals surface area contributed by atoms with Gasteiger partial charge in [-0.3, -0.25) is 0 Å². The van der Waals surface area contributed by atoms with Crippen molar-refractivity contribution >= 4 is 5.69 Å². The smallest absolute Gasteiger partial charge is 0.0398 e. The zero-order chi connectivity index (χ0) is 12.3. The first-order valence-corrected chi connectivity index (χ1v) is 6.80. The van der Waals surface area contributed by atoms with E-state index in [1.807, 2.05) is 0 Å². The first-order valence-electron chi connectivity index (χ1n) is 6.80. The third-order valence-electron chi connectivity index (χ3n) is 4.06. The molecule has 2 heteroatoms. The van der Waals surface area contributed by atoms with Crippen LogP contribution in [0.3, 0.4) is 0 Å². The minimum absolute atomic E-state index is 0.620. The average molecular weight is 232 g/mol. The van der Waals surface area contributed by atoms with E-state index in [4.69, 9.17) is 5.73 Å². The second-order valence-electron chi connectivity index (χ2n) is 5.09. The lowest BCUT2D eigenvalue weighted by atomic mass is 9.87. The lowest BCUT2D eigenvalue weighted by Crippen LogP contribution is -2.47. The van der Waals surface area contributed by atoms with Gasteiger partial charge in [-0.25, -0.2) is 0 Å². The fourth-order valence-electron chi connectivity index (χ4n) is 3.15. The van der Waals surface area contributed by atoms with Crippen molar-refractivity contribution in [2.75, 3.05) is 18.0 Å². The van der Waals surface area contributed by atoms with Gasteiger partial charge >= 0.3 is 0 Å². The zero-order valence-corrected chi connectivity index (χ0v) is 11.0. The summed E-state index contributed by atoms with van der Waals surface area (Å²) in [6, 6.07) is 9.32. The summed E-state index contributed by atoms with van der Waals surface area (Å²) in [5.41, 5.74) is 8.70. The highest BCUT2D eigenvalue weighted by Crippen LogP contribution is 2.31. The van der Waals surface area contributed by atoms with Crippen LogP contribution in [0, 0.1) is 12.8 Å². The topological polar surface area (TPSA) is 29.3 Å². The number of hydrogen-bond donors (Lipinski definition) is 1. The van der Waals surface area contributed by atoms with Gasteiger partial charge in [-0.2, -0.15) is 0 Å². The highest BCUT2D eigenvalue weighted by atomic mass is 15.2. The highest BCUT2D eigenvalue weighted by Gasteiger charge is 2.29. The van der Waals surface area contributed by atoms with Gasteiger partial charge in [0.1, 0.15) is 0 Å². The fraction of sp³-hybridized carbons (Fsp3) is 0.600. The molecular formula is C15H24N2. The summed E-state index contributed by atoms with van der Waals surface area (Å²) in [6.07, 6.45) is 3.75. The lowest BCUT2D eigenvalue weighted by molar-refractivity contribution is 0.321. The monoisotopic (exact) mass is 232 g/mol. The number of rotatable bonds is 3. The van der Waals surface area contributed by atoms with Crippen molar-refractivity contribution in [3.8, 4) is 0 Å². The van der Waals surface area contributed by atoms with Gasteiger partial charge in [-0.1, -0.05) is 25.1 Å². The van der Waals surface area contributed by atoms with Crippen molar-refractivity contribution in [2.24, 2.45) is 11.7 Å². The Kier molecular flexibility index (Phi) is 4.06. The Morgan fingerprint density at radius 3 is 2.76 bits per heavy atom. The molecule has 1 heterocycles. The minimum Gasteiger partial charge on any atom is -0.368 e. The first-order chi connectivity index (χ1) is 8.27. The Morgan fingerprint density at radius 1 is 1.35 bits per heavy atom. The molecule has 1 aromatic rings. The third kappa shape index (κ3) is 2.47. The molecule has 0 radical (unpaired) electrons. The van der Waals surface area contributed by atoms with Crippen LogP contribution in [0.5, 0.6) is 0 Å². The van der Waals surface area contributed by atoms with Gasteiger partial charge < -0.3 is 10.6 Å². The van der Waals surface area contributed by atoms with E-state index in [9.17, 15) is 0 Å². The van der Waals surface area contributed by atoms with Crippen LogP contribution in [0.4, 0.5) is 5.69 Å². The van der Waals surface area contributed by atoms with Gasteiger partial charge in [0.15, 0.2) is 0 Å². The predicted molar refractivity (Wildman–Crippen MR) is 74.4 cm³/mol. The molecule has 1 aromatic carbocycles. The van der Waals surface area contributed by atoms with E-state index in [0.717, 1.165) is 6.54 Å². The Balaban J connectivity index is 2.27. The van der Waals surface area contributed by atoms with E-state index in [2.05, 4.69) is 43.0 Å². The average Bonchev–Trinajstić information content (AvgIpc) is 2.38. The Labute approximate surface area is 105 Å². The summed E-state index contributed by atoms with van der Waals surface area (Å²) in [6.45, 7) is 6.48. The van der Waals surface area contributed by atoms with E-state index in [0.29, 0.717) is 12.0 Å². The maximum atomic E-state index is 5.92. The minimum atomic E-state index is 0.620. The largest absolute Gasteiger partial charge is 0.368 e. The van der Waals surface area contributed by atoms with Gasteiger partial charge in [-0.15, -0.1) is 0 Å². The molecule has 0 aromatic heterocycles. The van der Waals surface area contributed by atoms with Crippen molar-refractivity contribution in [3.63, 3.8) is 0 Å². The van der Waals surface area contributed by atoms with Crippen LogP contribution in [0.15, 0.2) is 24.3 Å². The number of anilines is 1. The number of hydrogen-bond acceptors (Lipinski definition) is 2. The molecular weight excluding hydrogens is 208 g/mol. The Morgan fingerprint density at radius 2 is 2.12 bits per heavy atom. The lowest BCUT2D eigenvalue weighted by Gasteiger charge is -2.43. The number of nitrogens with zero attached hydrogens (tertiary/aromatic N) is 1. The summed E-state index contributed by atoms with van der Waals surface area (Å²) < 4.78 is 0. The molecule has 2 atom stereocenters. The van der Waals surface area contributed by atoms with E-state index in [1.54, 1.807) is 0 Å². The van der Waals surface area contributed by atoms with Gasteiger partial charge in [0.05, 0.1) is 0 Å². The molecule has 17 heavy (non-hydrogen) atoms. The molecule has 0 spiro atoms. The van der Waals surface area contributed by atoms with Gasteiger partial charge in [0.25, 0.3) is 0 Å². The molecule has 2 rings (SSSR count). The van der Waals surface area contributed by atoms with Crippen LogP contribution < -0.4 is 10.6 Å². The van der Waals surface area contributed by atoms with E-state index in [1.165, 1.54) is 37.1 Å². The maximum absolute atomic E-state index is 5.92. The molecule has 0 aliphatic carbocycles. The summed E-state index contributed by atoms with van der Waals surface area (Å²) in [4.78, 5) is 2.58. The predicted octanol–water partition coefficient (Wildman–Crippen LogP) is 2.95. The number of para-hydroxylation sites is 1. The van der Waals surface area contributed by atoms with Crippen molar-refractivity contribution in [2.45, 2.75) is 39.2 Å². The quantitative estimate of drug-likeness (QED) is 0.868. The number of benzene rings is 1. The molecule has 0 saturated carbocycles. The number of aryl methyl sites for hydroxylation is 1. The molecule has 2 nitrogen and oxygen atoms in total. The molecule has 1 fully saturated rings. The summed E-state index contributed by atoms with van der Waals surface area (Å²) >= 11 is 0. The molecule has 0 bridgehead atoms. The molecule has 1 aliphatic rings. The van der Waals surface area contributed by atoms with Crippen molar-refractivity contribution < 1.29 is 0 Å². The van der Waals surface area contributed by atoms with Crippen molar-refractivity contribution in [1.29, 1.82) is 0 Å². The molecule has 0 amide bonds. The van der Waals surface area contributed by atoms with Crippen LogP contribution in [0.2, 0.25) is 0 Å². The van der Waals surface area contributed by atoms with Gasteiger partial charge in [0, 0.05) is 18.3 Å². The zero-order valence-electron chi connectivity index (χ0n) is 11.0. The third-order valence-corrected chi connectivity index (χ3v) is 4.06. The maximum Gasteiger partial charge on any atom is 0.0398 e. The van der Waals surface area contributed by atoms with E-state index < -0.39 is 0 Å². The van der Waals surface area contributed by atoms with Crippen LogP contribution in [0.1, 0.15) is 31.7 Å². The number of piperidine rings is 1. The second kappa shape index (κ2) is 5.54. The van der Waals surface area contributed by atoms with Crippen molar-refractivity contribution in [3.05, 3.63) is 29.8 Å². The summed E-state index contributed by atoms with van der Waals surface area (Å²) in [7, 11) is 0. The Bertz CT molecular complexity index is 362. The van der Waals surface area contributed by atoms with Gasteiger partial charge in [-0.05, 0) is 50.3 Å². The van der Waals surface area contributed by atoms with Crippen LogP contribution in [-0.2, 0) is 0 Å². The summed E-state index contributed by atoms with van der Waals surface area (Å²) in [5, 5.41) is 0. The normalized spacial score (nSPS) is 25.0. The molecule has 0 unspecified atom stereocenters.